The van der Waals surface area contributed by atoms with Gasteiger partial charge in [0.2, 0.25) is 0 Å². The van der Waals surface area contributed by atoms with Gasteiger partial charge >= 0.3 is 0 Å². The van der Waals surface area contributed by atoms with Crippen LogP contribution in [0.15, 0.2) is 36.5 Å². The highest BCUT2D eigenvalue weighted by molar-refractivity contribution is 6.29. The number of benzene rings is 1. The number of hydrogen-bond acceptors (Lipinski definition) is 3. The second-order valence-electron chi connectivity index (χ2n) is 5.07. The van der Waals surface area contributed by atoms with Gasteiger partial charge in [-0.05, 0) is 42.3 Å². The van der Waals surface area contributed by atoms with Crippen LogP contribution in [0.4, 0.5) is 8.78 Å². The van der Waals surface area contributed by atoms with E-state index in [9.17, 15) is 18.7 Å². The second kappa shape index (κ2) is 7.99. The van der Waals surface area contributed by atoms with E-state index in [0.29, 0.717) is 5.56 Å². The lowest BCUT2D eigenvalue weighted by Gasteiger charge is -2.15. The van der Waals surface area contributed by atoms with E-state index in [2.05, 4.69) is 10.3 Å². The maximum absolute atomic E-state index is 13.6. The molecule has 0 spiro atoms. The number of amides is 1. The van der Waals surface area contributed by atoms with Crippen molar-refractivity contribution in [2.75, 3.05) is 13.2 Å². The van der Waals surface area contributed by atoms with Crippen LogP contribution < -0.4 is 5.32 Å². The first-order chi connectivity index (χ1) is 11.0. The number of halogens is 3. The molecule has 1 aromatic carbocycles. The normalized spacial score (nSPS) is 12.0. The summed E-state index contributed by atoms with van der Waals surface area (Å²) in [7, 11) is 0. The number of aromatic nitrogens is 1. The molecule has 1 atom stereocenters. The molecule has 7 heteroatoms. The average Bonchev–Trinajstić information content (AvgIpc) is 2.55. The topological polar surface area (TPSA) is 62.2 Å². The van der Waals surface area contributed by atoms with E-state index in [4.69, 9.17) is 11.6 Å². The number of carbonyl (C=O) groups is 1. The van der Waals surface area contributed by atoms with Gasteiger partial charge in [-0.15, -0.1) is 0 Å². The third-order valence-corrected chi connectivity index (χ3v) is 3.54. The molecule has 0 aliphatic carbocycles. The molecule has 0 aliphatic heterocycles. The number of carbonyl (C=O) groups excluding carboxylic acids is 1. The van der Waals surface area contributed by atoms with Crippen molar-refractivity contribution in [2.24, 2.45) is 5.92 Å². The van der Waals surface area contributed by atoms with E-state index in [-0.39, 0.29) is 36.2 Å². The van der Waals surface area contributed by atoms with Crippen molar-refractivity contribution in [1.29, 1.82) is 0 Å². The second-order valence-corrected chi connectivity index (χ2v) is 5.46. The van der Waals surface area contributed by atoms with E-state index in [0.717, 1.165) is 18.2 Å². The minimum atomic E-state index is -0.547. The fraction of sp³-hybridized carbons (Fsp3) is 0.250. The summed E-state index contributed by atoms with van der Waals surface area (Å²) in [5, 5.41) is 12.3. The largest absolute Gasteiger partial charge is 0.396 e. The van der Waals surface area contributed by atoms with Crippen molar-refractivity contribution in [3.63, 3.8) is 0 Å². The lowest BCUT2D eigenvalue weighted by molar-refractivity contribution is 0.0939. The zero-order valence-electron chi connectivity index (χ0n) is 12.1. The first-order valence-electron chi connectivity index (χ1n) is 6.94. The summed E-state index contributed by atoms with van der Waals surface area (Å²) in [4.78, 5) is 15.7. The summed E-state index contributed by atoms with van der Waals surface area (Å²) >= 11 is 5.64. The summed E-state index contributed by atoms with van der Waals surface area (Å²) in [5.41, 5.74) is 0.481. The summed E-state index contributed by atoms with van der Waals surface area (Å²) < 4.78 is 26.8. The Morgan fingerprint density at radius 3 is 2.74 bits per heavy atom. The molecule has 0 fully saturated rings. The minimum Gasteiger partial charge on any atom is -0.396 e. The molecule has 1 aromatic heterocycles. The molecule has 1 heterocycles. The Balaban J connectivity index is 1.95. The number of pyridine rings is 1. The zero-order valence-corrected chi connectivity index (χ0v) is 12.9. The van der Waals surface area contributed by atoms with Gasteiger partial charge < -0.3 is 10.4 Å². The lowest BCUT2D eigenvalue weighted by Crippen LogP contribution is -2.32. The average molecular weight is 341 g/mol. The van der Waals surface area contributed by atoms with Crippen molar-refractivity contribution in [2.45, 2.75) is 6.42 Å². The summed E-state index contributed by atoms with van der Waals surface area (Å²) in [6.07, 6.45) is 1.44. The Morgan fingerprint density at radius 2 is 2.09 bits per heavy atom. The summed E-state index contributed by atoms with van der Waals surface area (Å²) in [5.74, 6) is -1.91. The van der Waals surface area contributed by atoms with Gasteiger partial charge in [-0.2, -0.15) is 0 Å². The van der Waals surface area contributed by atoms with Gasteiger partial charge in [-0.25, -0.2) is 13.8 Å². The summed E-state index contributed by atoms with van der Waals surface area (Å²) in [6, 6.07) is 6.16. The molecule has 0 bridgehead atoms. The van der Waals surface area contributed by atoms with E-state index in [1.165, 1.54) is 18.3 Å². The minimum absolute atomic E-state index is 0.110. The smallest absolute Gasteiger partial charge is 0.252 e. The predicted molar refractivity (Wildman–Crippen MR) is 82.2 cm³/mol. The Bertz CT molecular complexity index is 680. The van der Waals surface area contributed by atoms with Gasteiger partial charge in [-0.1, -0.05) is 11.6 Å². The standard InChI is InChI=1S/C16H15ClF2N2O2/c17-15-4-1-11(8-20-15)16(23)21-7-10(9-22)5-12-6-13(18)2-3-14(12)19/h1-4,6,8,10,22H,5,7,9H2,(H,21,23). The van der Waals surface area contributed by atoms with Crippen molar-refractivity contribution in [3.05, 3.63) is 64.4 Å². The van der Waals surface area contributed by atoms with Crippen LogP contribution >= 0.6 is 11.6 Å². The van der Waals surface area contributed by atoms with Crippen LogP contribution in [0, 0.1) is 17.6 Å². The van der Waals surface area contributed by atoms with E-state index < -0.39 is 17.6 Å². The van der Waals surface area contributed by atoms with Gasteiger partial charge in [0.15, 0.2) is 0 Å². The molecule has 0 saturated heterocycles. The van der Waals surface area contributed by atoms with Gasteiger partial charge in [0.25, 0.3) is 5.91 Å². The first kappa shape index (κ1) is 17.3. The van der Waals surface area contributed by atoms with Crippen molar-refractivity contribution >= 4 is 17.5 Å². The van der Waals surface area contributed by atoms with E-state index in [1.807, 2.05) is 0 Å². The van der Waals surface area contributed by atoms with Crippen LogP contribution in [0.3, 0.4) is 0 Å². The van der Waals surface area contributed by atoms with E-state index in [1.54, 1.807) is 0 Å². The lowest BCUT2D eigenvalue weighted by atomic mass is 9.99. The van der Waals surface area contributed by atoms with Crippen molar-refractivity contribution in [3.8, 4) is 0 Å². The molecular weight excluding hydrogens is 326 g/mol. The van der Waals surface area contributed by atoms with Gasteiger partial charge in [-0.3, -0.25) is 4.79 Å². The molecule has 4 nitrogen and oxygen atoms in total. The third kappa shape index (κ3) is 4.97. The number of nitrogens with one attached hydrogen (secondary N) is 1. The number of aliphatic hydroxyl groups excluding tert-OH is 1. The molecule has 2 rings (SSSR count). The monoisotopic (exact) mass is 340 g/mol. The van der Waals surface area contributed by atoms with Crippen LogP contribution in [0.25, 0.3) is 0 Å². The Hall–Kier alpha value is -2.05. The molecule has 1 unspecified atom stereocenters. The van der Waals surface area contributed by atoms with E-state index >= 15 is 0 Å². The van der Waals surface area contributed by atoms with Crippen LogP contribution in [-0.2, 0) is 6.42 Å². The highest BCUT2D eigenvalue weighted by Gasteiger charge is 2.14. The number of hydrogen-bond donors (Lipinski definition) is 2. The first-order valence-corrected chi connectivity index (χ1v) is 7.32. The Kier molecular flexibility index (Phi) is 6.01. The fourth-order valence-electron chi connectivity index (χ4n) is 2.06. The molecular formula is C16H15ClF2N2O2. The highest BCUT2D eigenvalue weighted by atomic mass is 35.5. The van der Waals surface area contributed by atoms with Gasteiger partial charge in [0, 0.05) is 25.3 Å². The van der Waals surface area contributed by atoms with Crippen LogP contribution in [-0.4, -0.2) is 29.1 Å². The van der Waals surface area contributed by atoms with Gasteiger partial charge in [0.05, 0.1) is 5.56 Å². The van der Waals surface area contributed by atoms with Crippen molar-refractivity contribution in [1.82, 2.24) is 10.3 Å². The maximum atomic E-state index is 13.6. The van der Waals surface area contributed by atoms with Crippen molar-refractivity contribution < 1.29 is 18.7 Å². The molecule has 1 amide bonds. The molecule has 23 heavy (non-hydrogen) atoms. The molecule has 0 saturated carbocycles. The van der Waals surface area contributed by atoms with Crippen LogP contribution in [0.5, 0.6) is 0 Å². The molecule has 0 aliphatic rings. The quantitative estimate of drug-likeness (QED) is 0.795. The maximum Gasteiger partial charge on any atom is 0.252 e. The predicted octanol–water partition coefficient (Wildman–Crippen LogP) is 2.59. The number of rotatable bonds is 6. The van der Waals surface area contributed by atoms with Gasteiger partial charge in [0.1, 0.15) is 16.8 Å². The zero-order chi connectivity index (χ0) is 16.8. The number of aliphatic hydroxyl groups is 1. The third-order valence-electron chi connectivity index (χ3n) is 3.32. The molecule has 2 N–H and O–H groups in total. The Labute approximate surface area is 137 Å². The molecule has 0 radical (unpaired) electrons. The number of nitrogens with zero attached hydrogens (tertiary/aromatic N) is 1. The molecule has 122 valence electrons. The summed E-state index contributed by atoms with van der Waals surface area (Å²) in [6.45, 7) is -0.150. The SMILES string of the molecule is O=C(NCC(CO)Cc1cc(F)ccc1F)c1ccc(Cl)nc1. The Morgan fingerprint density at radius 1 is 1.30 bits per heavy atom. The van der Waals surface area contributed by atoms with Crippen LogP contribution in [0.1, 0.15) is 15.9 Å². The highest BCUT2D eigenvalue weighted by Crippen LogP contribution is 2.14. The fourth-order valence-corrected chi connectivity index (χ4v) is 2.17. The van der Waals surface area contributed by atoms with Crippen LogP contribution in [0.2, 0.25) is 5.15 Å². The molecule has 2 aromatic rings.